The SMILES string of the molecule is CC(C)CNCC1CCCN(Cc2cc(F)cc(Br)c2)C1. The van der Waals surface area contributed by atoms with E-state index in [2.05, 4.69) is 40.0 Å². The first-order valence-corrected chi connectivity index (χ1v) is 8.70. The Morgan fingerprint density at radius 1 is 1.38 bits per heavy atom. The van der Waals surface area contributed by atoms with Gasteiger partial charge in [-0.1, -0.05) is 29.8 Å². The third-order valence-electron chi connectivity index (χ3n) is 3.92. The van der Waals surface area contributed by atoms with Crippen molar-refractivity contribution in [2.75, 3.05) is 26.2 Å². The maximum atomic E-state index is 13.4. The molecular weight excluding hydrogens is 331 g/mol. The van der Waals surface area contributed by atoms with Crippen molar-refractivity contribution in [1.82, 2.24) is 10.2 Å². The molecule has 1 unspecified atom stereocenters. The van der Waals surface area contributed by atoms with Crippen molar-refractivity contribution in [3.05, 3.63) is 34.1 Å². The Hall–Kier alpha value is -0.450. The Morgan fingerprint density at radius 2 is 2.19 bits per heavy atom. The van der Waals surface area contributed by atoms with Crippen molar-refractivity contribution < 1.29 is 4.39 Å². The normalized spacial score (nSPS) is 20.1. The Labute approximate surface area is 136 Å². The van der Waals surface area contributed by atoms with Crippen LogP contribution in [0.5, 0.6) is 0 Å². The lowest BCUT2D eigenvalue weighted by Crippen LogP contribution is -2.39. The molecule has 0 spiro atoms. The predicted octanol–water partition coefficient (Wildman–Crippen LogP) is 4.05. The van der Waals surface area contributed by atoms with Gasteiger partial charge < -0.3 is 5.32 Å². The Morgan fingerprint density at radius 3 is 2.90 bits per heavy atom. The van der Waals surface area contributed by atoms with E-state index in [4.69, 9.17) is 0 Å². The van der Waals surface area contributed by atoms with E-state index >= 15 is 0 Å². The van der Waals surface area contributed by atoms with Crippen LogP contribution in [0.25, 0.3) is 0 Å². The number of halogens is 2. The molecule has 2 rings (SSSR count). The molecule has 0 saturated carbocycles. The van der Waals surface area contributed by atoms with Gasteiger partial charge in [-0.3, -0.25) is 4.90 Å². The van der Waals surface area contributed by atoms with Crippen molar-refractivity contribution in [2.24, 2.45) is 11.8 Å². The minimum absolute atomic E-state index is 0.161. The van der Waals surface area contributed by atoms with Crippen LogP contribution in [0.2, 0.25) is 0 Å². The third kappa shape index (κ3) is 6.05. The summed E-state index contributed by atoms with van der Waals surface area (Å²) in [7, 11) is 0. The molecule has 1 aromatic carbocycles. The predicted molar refractivity (Wildman–Crippen MR) is 89.8 cm³/mol. The zero-order valence-corrected chi connectivity index (χ0v) is 14.6. The number of benzene rings is 1. The maximum Gasteiger partial charge on any atom is 0.124 e. The molecule has 0 aliphatic carbocycles. The fourth-order valence-corrected chi connectivity index (χ4v) is 3.51. The third-order valence-corrected chi connectivity index (χ3v) is 4.38. The van der Waals surface area contributed by atoms with Crippen molar-refractivity contribution >= 4 is 15.9 Å². The summed E-state index contributed by atoms with van der Waals surface area (Å²) < 4.78 is 14.3. The number of likely N-dealkylation sites (tertiary alicyclic amines) is 1. The molecule has 1 heterocycles. The van der Waals surface area contributed by atoms with Crippen molar-refractivity contribution in [1.29, 1.82) is 0 Å². The molecule has 1 aromatic rings. The molecule has 0 aromatic heterocycles. The van der Waals surface area contributed by atoms with Crippen molar-refractivity contribution in [3.8, 4) is 0 Å². The van der Waals surface area contributed by atoms with Gasteiger partial charge in [0.05, 0.1) is 0 Å². The van der Waals surface area contributed by atoms with Crippen LogP contribution >= 0.6 is 15.9 Å². The maximum absolute atomic E-state index is 13.4. The van der Waals surface area contributed by atoms with E-state index in [1.54, 1.807) is 6.07 Å². The highest BCUT2D eigenvalue weighted by molar-refractivity contribution is 9.10. The summed E-state index contributed by atoms with van der Waals surface area (Å²) >= 11 is 3.37. The van der Waals surface area contributed by atoms with Crippen LogP contribution in [0.4, 0.5) is 4.39 Å². The fraction of sp³-hybridized carbons (Fsp3) is 0.647. The summed E-state index contributed by atoms with van der Waals surface area (Å²) in [6, 6.07) is 5.17. The monoisotopic (exact) mass is 356 g/mol. The number of nitrogens with zero attached hydrogens (tertiary/aromatic N) is 1. The van der Waals surface area contributed by atoms with E-state index in [1.807, 2.05) is 6.07 Å². The largest absolute Gasteiger partial charge is 0.316 e. The second-order valence-corrected chi connectivity index (χ2v) is 7.49. The van der Waals surface area contributed by atoms with Crippen LogP contribution in [0.1, 0.15) is 32.3 Å². The van der Waals surface area contributed by atoms with Gasteiger partial charge in [-0.05, 0) is 68.1 Å². The fourth-order valence-electron chi connectivity index (χ4n) is 3.00. The van der Waals surface area contributed by atoms with Crippen LogP contribution in [-0.4, -0.2) is 31.1 Å². The quantitative estimate of drug-likeness (QED) is 0.827. The number of rotatable bonds is 6. The molecule has 2 nitrogen and oxygen atoms in total. The zero-order valence-electron chi connectivity index (χ0n) is 13.0. The van der Waals surface area contributed by atoms with E-state index in [9.17, 15) is 4.39 Å². The average Bonchev–Trinajstić information content (AvgIpc) is 2.37. The molecule has 1 aliphatic heterocycles. The lowest BCUT2D eigenvalue weighted by atomic mass is 9.97. The smallest absolute Gasteiger partial charge is 0.124 e. The summed E-state index contributed by atoms with van der Waals surface area (Å²) in [4.78, 5) is 2.45. The lowest BCUT2D eigenvalue weighted by Gasteiger charge is -2.33. The first-order valence-electron chi connectivity index (χ1n) is 7.91. The van der Waals surface area contributed by atoms with Crippen molar-refractivity contribution in [3.63, 3.8) is 0 Å². The van der Waals surface area contributed by atoms with Crippen LogP contribution < -0.4 is 5.32 Å². The minimum Gasteiger partial charge on any atom is -0.316 e. The highest BCUT2D eigenvalue weighted by Crippen LogP contribution is 2.20. The van der Waals surface area contributed by atoms with Crippen LogP contribution in [0.15, 0.2) is 22.7 Å². The van der Waals surface area contributed by atoms with Gasteiger partial charge in [0.1, 0.15) is 5.82 Å². The van der Waals surface area contributed by atoms with Crippen LogP contribution in [0, 0.1) is 17.7 Å². The molecule has 0 radical (unpaired) electrons. The lowest BCUT2D eigenvalue weighted by molar-refractivity contribution is 0.164. The molecule has 118 valence electrons. The van der Waals surface area contributed by atoms with Gasteiger partial charge in [-0.25, -0.2) is 4.39 Å². The van der Waals surface area contributed by atoms with Gasteiger partial charge in [0.15, 0.2) is 0 Å². The molecule has 1 atom stereocenters. The Balaban J connectivity index is 1.83. The van der Waals surface area contributed by atoms with Gasteiger partial charge in [0.25, 0.3) is 0 Å². The number of nitrogens with one attached hydrogen (secondary N) is 1. The second-order valence-electron chi connectivity index (χ2n) is 6.57. The first kappa shape index (κ1) is 16.9. The van der Waals surface area contributed by atoms with Crippen molar-refractivity contribution in [2.45, 2.75) is 33.2 Å². The molecule has 1 aliphatic rings. The molecule has 21 heavy (non-hydrogen) atoms. The van der Waals surface area contributed by atoms with Gasteiger partial charge >= 0.3 is 0 Å². The van der Waals surface area contributed by atoms with E-state index in [-0.39, 0.29) is 5.82 Å². The number of hydrogen-bond acceptors (Lipinski definition) is 2. The van der Waals surface area contributed by atoms with Gasteiger partial charge in [-0.15, -0.1) is 0 Å². The second kappa shape index (κ2) is 8.25. The number of piperidine rings is 1. The Bertz CT molecular complexity index is 430. The molecule has 1 saturated heterocycles. The van der Waals surface area contributed by atoms with Gasteiger partial charge in [-0.2, -0.15) is 0 Å². The van der Waals surface area contributed by atoms with E-state index in [0.717, 1.165) is 48.7 Å². The van der Waals surface area contributed by atoms with Crippen LogP contribution in [0.3, 0.4) is 0 Å². The molecular formula is C17H26BrFN2. The van der Waals surface area contributed by atoms with E-state index in [0.29, 0.717) is 5.92 Å². The van der Waals surface area contributed by atoms with Gasteiger partial charge in [0.2, 0.25) is 0 Å². The minimum atomic E-state index is -0.161. The number of hydrogen-bond donors (Lipinski definition) is 1. The average molecular weight is 357 g/mol. The highest BCUT2D eigenvalue weighted by atomic mass is 79.9. The molecule has 0 bridgehead atoms. The summed E-state index contributed by atoms with van der Waals surface area (Å²) in [5.74, 6) is 1.26. The van der Waals surface area contributed by atoms with E-state index < -0.39 is 0 Å². The van der Waals surface area contributed by atoms with Gasteiger partial charge in [0, 0.05) is 17.6 Å². The topological polar surface area (TPSA) is 15.3 Å². The molecule has 0 amide bonds. The van der Waals surface area contributed by atoms with Crippen LogP contribution in [-0.2, 0) is 6.54 Å². The van der Waals surface area contributed by atoms with E-state index in [1.165, 1.54) is 18.9 Å². The highest BCUT2D eigenvalue weighted by Gasteiger charge is 2.20. The molecule has 1 N–H and O–H groups in total. The summed E-state index contributed by atoms with van der Waals surface area (Å²) in [6.45, 7) is 9.74. The molecule has 4 heteroatoms. The zero-order chi connectivity index (χ0) is 15.2. The summed E-state index contributed by atoms with van der Waals surface area (Å²) in [5, 5.41) is 3.56. The first-order chi connectivity index (χ1) is 10.0. The summed E-state index contributed by atoms with van der Waals surface area (Å²) in [5.41, 5.74) is 1.05. The Kier molecular flexibility index (Phi) is 6.65. The summed E-state index contributed by atoms with van der Waals surface area (Å²) in [6.07, 6.45) is 2.54. The standard InChI is InChI=1S/C17H26BrFN2/c1-13(2)9-20-10-14-4-3-5-21(11-14)12-15-6-16(18)8-17(19)7-15/h6-8,13-14,20H,3-5,9-12H2,1-2H3. The molecule has 1 fully saturated rings.